The number of hydrogen-bond acceptors (Lipinski definition) is 3. The Morgan fingerprint density at radius 2 is 1.81 bits per heavy atom. The quantitative estimate of drug-likeness (QED) is 0.763. The van der Waals surface area contributed by atoms with E-state index in [1.54, 1.807) is 0 Å². The van der Waals surface area contributed by atoms with Gasteiger partial charge in [-0.2, -0.15) is 0 Å². The highest BCUT2D eigenvalue weighted by atomic mass is 32.1. The van der Waals surface area contributed by atoms with Crippen molar-refractivity contribution in [3.63, 3.8) is 0 Å². The summed E-state index contributed by atoms with van der Waals surface area (Å²) in [7, 11) is 0. The molecule has 0 aliphatic carbocycles. The molecule has 0 amide bonds. The number of hydrogen-bond donors (Lipinski definition) is 2. The van der Waals surface area contributed by atoms with Crippen molar-refractivity contribution in [3.05, 3.63) is 65.0 Å². The normalized spacial score (nSPS) is 16.0. The number of morpholine rings is 1. The van der Waals surface area contributed by atoms with Crippen LogP contribution in [0.4, 0.5) is 10.1 Å². The highest BCUT2D eigenvalue weighted by molar-refractivity contribution is 7.80. The number of halogens is 1. The number of benzene rings is 2. The molecule has 0 saturated carbocycles. The lowest BCUT2D eigenvalue weighted by molar-refractivity contribution is 0.0170. The van der Waals surface area contributed by atoms with E-state index < -0.39 is 0 Å². The van der Waals surface area contributed by atoms with Crippen LogP contribution in [-0.2, 0) is 4.74 Å². The van der Waals surface area contributed by atoms with Gasteiger partial charge >= 0.3 is 0 Å². The van der Waals surface area contributed by atoms with Crippen molar-refractivity contribution in [1.82, 2.24) is 10.2 Å². The third-order valence-electron chi connectivity index (χ3n) is 4.96. The largest absolute Gasteiger partial charge is 0.379 e. The fourth-order valence-corrected chi connectivity index (χ4v) is 3.42. The smallest absolute Gasteiger partial charge is 0.170 e. The van der Waals surface area contributed by atoms with Gasteiger partial charge < -0.3 is 15.4 Å². The molecule has 2 N–H and O–H groups in total. The van der Waals surface area contributed by atoms with Gasteiger partial charge in [0.15, 0.2) is 5.11 Å². The SMILES string of the molecule is Cc1ccc(NC(=S)NC[C@@H](c2ccc(F)cc2)N2CCOCC2)cc1C. The Bertz CT molecular complexity index is 775. The van der Waals surface area contributed by atoms with Crippen molar-refractivity contribution in [2.24, 2.45) is 0 Å². The minimum atomic E-state index is -0.223. The van der Waals surface area contributed by atoms with Crippen LogP contribution >= 0.6 is 12.2 Å². The van der Waals surface area contributed by atoms with Gasteiger partial charge in [0.05, 0.1) is 19.3 Å². The van der Waals surface area contributed by atoms with Crippen molar-refractivity contribution >= 4 is 23.0 Å². The lowest BCUT2D eigenvalue weighted by atomic mass is 10.0. The van der Waals surface area contributed by atoms with Gasteiger partial charge in [0.25, 0.3) is 0 Å². The number of aryl methyl sites for hydroxylation is 2. The summed E-state index contributed by atoms with van der Waals surface area (Å²) in [6, 6.07) is 13.0. The lowest BCUT2D eigenvalue weighted by Gasteiger charge is -2.35. The second-order valence-corrected chi connectivity index (χ2v) is 7.26. The van der Waals surface area contributed by atoms with E-state index in [4.69, 9.17) is 17.0 Å². The molecule has 1 fully saturated rings. The number of thiocarbonyl (C=S) groups is 1. The summed E-state index contributed by atoms with van der Waals surface area (Å²) in [5, 5.41) is 7.15. The maximum absolute atomic E-state index is 13.3. The van der Waals surface area contributed by atoms with E-state index in [-0.39, 0.29) is 11.9 Å². The van der Waals surface area contributed by atoms with Crippen LogP contribution in [0.1, 0.15) is 22.7 Å². The third kappa shape index (κ3) is 5.48. The van der Waals surface area contributed by atoms with Gasteiger partial charge in [0.1, 0.15) is 5.82 Å². The van der Waals surface area contributed by atoms with Crippen LogP contribution in [0.2, 0.25) is 0 Å². The maximum Gasteiger partial charge on any atom is 0.170 e. The number of rotatable bonds is 5. The van der Waals surface area contributed by atoms with E-state index in [0.29, 0.717) is 24.9 Å². The highest BCUT2D eigenvalue weighted by Gasteiger charge is 2.22. The zero-order chi connectivity index (χ0) is 19.2. The predicted molar refractivity (Wildman–Crippen MR) is 112 cm³/mol. The molecular weight excluding hydrogens is 361 g/mol. The molecule has 0 radical (unpaired) electrons. The number of ether oxygens (including phenoxy) is 1. The van der Waals surface area contributed by atoms with Gasteiger partial charge in [-0.05, 0) is 67.0 Å². The van der Waals surface area contributed by atoms with Crippen molar-refractivity contribution in [1.29, 1.82) is 0 Å². The standard InChI is InChI=1S/C21H26FN3OS/c1-15-3-8-19(13-16(15)2)24-21(27)23-14-20(25-9-11-26-12-10-25)17-4-6-18(22)7-5-17/h3-8,13,20H,9-12,14H2,1-2H3,(H2,23,24,27)/t20-/m0/s1. The van der Waals surface area contributed by atoms with Crippen LogP contribution in [0, 0.1) is 19.7 Å². The van der Waals surface area contributed by atoms with Crippen molar-refractivity contribution < 1.29 is 9.13 Å². The first kappa shape index (κ1) is 19.7. The molecule has 1 atom stereocenters. The lowest BCUT2D eigenvalue weighted by Crippen LogP contribution is -2.44. The zero-order valence-electron chi connectivity index (χ0n) is 15.8. The molecule has 27 heavy (non-hydrogen) atoms. The number of nitrogens with one attached hydrogen (secondary N) is 2. The average molecular weight is 388 g/mol. The molecule has 1 saturated heterocycles. The summed E-state index contributed by atoms with van der Waals surface area (Å²) in [4.78, 5) is 2.35. The van der Waals surface area contributed by atoms with E-state index in [0.717, 1.165) is 24.3 Å². The van der Waals surface area contributed by atoms with Crippen molar-refractivity contribution in [2.75, 3.05) is 38.2 Å². The number of nitrogens with zero attached hydrogens (tertiary/aromatic N) is 1. The van der Waals surface area contributed by atoms with Crippen LogP contribution < -0.4 is 10.6 Å². The van der Waals surface area contributed by atoms with E-state index in [2.05, 4.69) is 41.5 Å². The first-order valence-electron chi connectivity index (χ1n) is 9.22. The third-order valence-corrected chi connectivity index (χ3v) is 5.21. The topological polar surface area (TPSA) is 36.5 Å². The fraction of sp³-hybridized carbons (Fsp3) is 0.381. The fourth-order valence-electron chi connectivity index (χ4n) is 3.22. The van der Waals surface area contributed by atoms with Crippen LogP contribution in [0.25, 0.3) is 0 Å². The van der Waals surface area contributed by atoms with Crippen molar-refractivity contribution in [2.45, 2.75) is 19.9 Å². The zero-order valence-corrected chi connectivity index (χ0v) is 16.6. The van der Waals surface area contributed by atoms with Gasteiger partial charge in [-0.15, -0.1) is 0 Å². The minimum absolute atomic E-state index is 0.106. The van der Waals surface area contributed by atoms with Gasteiger partial charge in [-0.1, -0.05) is 18.2 Å². The molecule has 1 heterocycles. The second kappa shape index (κ2) is 9.26. The van der Waals surface area contributed by atoms with E-state index in [9.17, 15) is 4.39 Å². The van der Waals surface area contributed by atoms with Gasteiger partial charge in [-0.25, -0.2) is 4.39 Å². The number of anilines is 1. The molecule has 0 unspecified atom stereocenters. The Kier molecular flexibility index (Phi) is 6.77. The van der Waals surface area contributed by atoms with Crippen LogP contribution in [0.15, 0.2) is 42.5 Å². The first-order valence-corrected chi connectivity index (χ1v) is 9.63. The molecule has 1 aliphatic rings. The van der Waals surface area contributed by atoms with E-state index in [1.165, 1.54) is 23.3 Å². The molecule has 4 nitrogen and oxygen atoms in total. The van der Waals surface area contributed by atoms with Gasteiger partial charge in [0, 0.05) is 25.3 Å². The molecule has 0 spiro atoms. The average Bonchev–Trinajstić information content (AvgIpc) is 2.67. The Labute approximate surface area is 165 Å². The molecule has 1 aliphatic heterocycles. The van der Waals surface area contributed by atoms with Gasteiger partial charge in [0.2, 0.25) is 0 Å². The summed E-state index contributed by atoms with van der Waals surface area (Å²) in [5.41, 5.74) is 4.52. The van der Waals surface area contributed by atoms with Crippen LogP contribution in [-0.4, -0.2) is 42.9 Å². The van der Waals surface area contributed by atoms with Crippen LogP contribution in [0.5, 0.6) is 0 Å². The maximum atomic E-state index is 13.3. The Morgan fingerprint density at radius 3 is 2.48 bits per heavy atom. The monoisotopic (exact) mass is 387 g/mol. The Balaban J connectivity index is 1.65. The molecule has 2 aromatic rings. The second-order valence-electron chi connectivity index (χ2n) is 6.85. The molecule has 0 aromatic heterocycles. The molecule has 6 heteroatoms. The summed E-state index contributed by atoms with van der Waals surface area (Å²) >= 11 is 5.48. The van der Waals surface area contributed by atoms with E-state index in [1.807, 2.05) is 18.2 Å². The van der Waals surface area contributed by atoms with Gasteiger partial charge in [-0.3, -0.25) is 4.90 Å². The van der Waals surface area contributed by atoms with Crippen LogP contribution in [0.3, 0.4) is 0 Å². The first-order chi connectivity index (χ1) is 13.0. The molecule has 2 aromatic carbocycles. The summed E-state index contributed by atoms with van der Waals surface area (Å²) < 4.78 is 18.8. The Morgan fingerprint density at radius 1 is 1.11 bits per heavy atom. The molecule has 0 bridgehead atoms. The van der Waals surface area contributed by atoms with Crippen molar-refractivity contribution in [3.8, 4) is 0 Å². The Hall–Kier alpha value is -2.02. The molecule has 144 valence electrons. The summed E-state index contributed by atoms with van der Waals surface area (Å²) in [6.45, 7) is 7.93. The van der Waals surface area contributed by atoms with E-state index >= 15 is 0 Å². The summed E-state index contributed by atoms with van der Waals surface area (Å²) in [6.07, 6.45) is 0. The predicted octanol–water partition coefficient (Wildman–Crippen LogP) is 3.80. The summed E-state index contributed by atoms with van der Waals surface area (Å²) in [5.74, 6) is -0.223. The molecule has 3 rings (SSSR count). The highest BCUT2D eigenvalue weighted by Crippen LogP contribution is 2.22. The molecular formula is C21H26FN3OS. The minimum Gasteiger partial charge on any atom is -0.379 e.